The third-order valence-electron chi connectivity index (χ3n) is 6.63. The van der Waals surface area contributed by atoms with Crippen LogP contribution in [0.15, 0.2) is 59.1 Å². The molecule has 1 amide bonds. The van der Waals surface area contributed by atoms with Gasteiger partial charge in [0.1, 0.15) is 5.75 Å². The predicted octanol–water partition coefficient (Wildman–Crippen LogP) is 3.87. The van der Waals surface area contributed by atoms with E-state index in [0.29, 0.717) is 24.8 Å². The van der Waals surface area contributed by atoms with E-state index in [2.05, 4.69) is 5.16 Å². The van der Waals surface area contributed by atoms with E-state index in [0.717, 1.165) is 48.5 Å². The topological polar surface area (TPSA) is 68.5 Å². The van der Waals surface area contributed by atoms with E-state index < -0.39 is 0 Å². The van der Waals surface area contributed by atoms with Crippen LogP contribution in [0.1, 0.15) is 30.7 Å². The first-order valence-electron chi connectivity index (χ1n) is 10.5. The predicted molar refractivity (Wildman–Crippen MR) is 112 cm³/mol. The van der Waals surface area contributed by atoms with Crippen LogP contribution in [-0.4, -0.2) is 41.1 Å². The summed E-state index contributed by atoms with van der Waals surface area (Å²) in [5.74, 6) is 2.64. The van der Waals surface area contributed by atoms with Crippen LogP contribution in [0.3, 0.4) is 0 Å². The van der Waals surface area contributed by atoms with Crippen LogP contribution in [0.2, 0.25) is 0 Å². The Labute approximate surface area is 175 Å². The van der Waals surface area contributed by atoms with Crippen LogP contribution in [0, 0.1) is 5.92 Å². The van der Waals surface area contributed by atoms with Crippen LogP contribution in [-0.2, 0) is 16.6 Å². The van der Waals surface area contributed by atoms with Gasteiger partial charge in [-0.1, -0.05) is 41.9 Å². The monoisotopic (exact) mass is 403 g/mol. The summed E-state index contributed by atoms with van der Waals surface area (Å²) in [6.07, 6.45) is 3.63. The maximum atomic E-state index is 13.0. The number of nitrogens with zero attached hydrogens (tertiary/aromatic N) is 3. The number of aromatic nitrogens is 2. The van der Waals surface area contributed by atoms with Crippen molar-refractivity contribution < 1.29 is 14.1 Å². The van der Waals surface area contributed by atoms with Crippen molar-refractivity contribution >= 4 is 5.91 Å². The highest BCUT2D eigenvalue weighted by Crippen LogP contribution is 2.49. The molecular weight excluding hydrogens is 378 g/mol. The molecule has 30 heavy (non-hydrogen) atoms. The fraction of sp³-hybridized carbons (Fsp3) is 0.375. The lowest BCUT2D eigenvalue weighted by Crippen LogP contribution is -2.36. The lowest BCUT2D eigenvalue weighted by atomic mass is 9.80. The van der Waals surface area contributed by atoms with Crippen molar-refractivity contribution in [3.05, 3.63) is 66.0 Å². The Morgan fingerprint density at radius 3 is 2.77 bits per heavy atom. The molecule has 6 nitrogen and oxygen atoms in total. The Morgan fingerprint density at radius 1 is 1.20 bits per heavy atom. The fourth-order valence-corrected chi connectivity index (χ4v) is 5.00. The number of amides is 1. The largest absolute Gasteiger partial charge is 0.497 e. The van der Waals surface area contributed by atoms with Gasteiger partial charge in [-0.25, -0.2) is 0 Å². The molecule has 2 aliphatic rings. The van der Waals surface area contributed by atoms with E-state index in [1.54, 1.807) is 7.11 Å². The highest BCUT2D eigenvalue weighted by atomic mass is 16.5. The Hall–Kier alpha value is -3.15. The van der Waals surface area contributed by atoms with Crippen molar-refractivity contribution in [2.45, 2.75) is 31.1 Å². The summed E-state index contributed by atoms with van der Waals surface area (Å²) < 4.78 is 10.8. The van der Waals surface area contributed by atoms with Gasteiger partial charge in [0.2, 0.25) is 5.91 Å². The van der Waals surface area contributed by atoms with Crippen LogP contribution in [0.4, 0.5) is 0 Å². The van der Waals surface area contributed by atoms with Gasteiger partial charge in [-0.05, 0) is 48.6 Å². The smallest absolute Gasteiger partial charge is 0.257 e. The number of likely N-dealkylation sites (tertiary alicyclic amines) is 1. The molecular formula is C24H25N3O3. The molecule has 1 aliphatic heterocycles. The van der Waals surface area contributed by atoms with Crippen LogP contribution in [0.25, 0.3) is 11.5 Å². The quantitative estimate of drug-likeness (QED) is 0.647. The Bertz CT molecular complexity index is 1030. The molecule has 1 saturated heterocycles. The van der Waals surface area contributed by atoms with Crippen LogP contribution >= 0.6 is 0 Å². The molecule has 154 valence electrons. The molecule has 0 spiro atoms. The zero-order valence-corrected chi connectivity index (χ0v) is 17.1. The summed E-state index contributed by atoms with van der Waals surface area (Å²) >= 11 is 0. The highest BCUT2D eigenvalue weighted by Gasteiger charge is 2.54. The Morgan fingerprint density at radius 2 is 2.00 bits per heavy atom. The van der Waals surface area contributed by atoms with Gasteiger partial charge in [-0.15, -0.1) is 0 Å². The standard InChI is InChI=1S/C24H25N3O3/c1-29-20-11-9-17(10-12-20)14-21(28)27-15-19-8-5-13-24(19,16-27)23-25-22(30-26-23)18-6-3-2-4-7-18/h2-4,6-7,9-12,19H,5,8,13-16H2,1H3/t19-,24-/m1/s1. The number of benzene rings is 2. The van der Waals surface area contributed by atoms with Gasteiger partial charge >= 0.3 is 0 Å². The van der Waals surface area contributed by atoms with Crippen molar-refractivity contribution in [2.24, 2.45) is 5.92 Å². The number of hydrogen-bond acceptors (Lipinski definition) is 5. The minimum Gasteiger partial charge on any atom is -0.497 e. The molecule has 0 radical (unpaired) electrons. The maximum absolute atomic E-state index is 13.0. The number of hydrogen-bond donors (Lipinski definition) is 0. The molecule has 1 aromatic heterocycles. The summed E-state index contributed by atoms with van der Waals surface area (Å²) in [5, 5.41) is 4.37. The van der Waals surface area contributed by atoms with E-state index in [1.807, 2.05) is 59.5 Å². The normalized spacial score (nSPS) is 22.8. The van der Waals surface area contributed by atoms with E-state index >= 15 is 0 Å². The number of rotatable bonds is 5. The molecule has 2 heterocycles. The fourth-order valence-electron chi connectivity index (χ4n) is 5.00. The molecule has 0 N–H and O–H groups in total. The van der Waals surface area contributed by atoms with Crippen molar-refractivity contribution in [1.82, 2.24) is 15.0 Å². The lowest BCUT2D eigenvalue weighted by molar-refractivity contribution is -0.129. The van der Waals surface area contributed by atoms with Gasteiger partial charge in [0.05, 0.1) is 18.9 Å². The number of fused-ring (bicyclic) bond motifs is 1. The number of ether oxygens (including phenoxy) is 1. The molecule has 1 aliphatic carbocycles. The molecule has 3 aromatic rings. The minimum absolute atomic E-state index is 0.153. The van der Waals surface area contributed by atoms with Gasteiger partial charge in [0.25, 0.3) is 5.89 Å². The maximum Gasteiger partial charge on any atom is 0.257 e. The van der Waals surface area contributed by atoms with E-state index in [-0.39, 0.29) is 11.3 Å². The lowest BCUT2D eigenvalue weighted by Gasteiger charge is -2.24. The second kappa shape index (κ2) is 7.59. The summed E-state index contributed by atoms with van der Waals surface area (Å²) in [5.41, 5.74) is 1.73. The van der Waals surface area contributed by atoms with Gasteiger partial charge < -0.3 is 14.2 Å². The van der Waals surface area contributed by atoms with Gasteiger partial charge in [0.15, 0.2) is 5.82 Å². The molecule has 6 heteroatoms. The van der Waals surface area contributed by atoms with E-state index in [4.69, 9.17) is 14.2 Å². The van der Waals surface area contributed by atoms with Crippen molar-refractivity contribution in [2.75, 3.05) is 20.2 Å². The molecule has 0 bridgehead atoms. The second-order valence-electron chi connectivity index (χ2n) is 8.33. The average molecular weight is 403 g/mol. The third kappa shape index (κ3) is 3.26. The van der Waals surface area contributed by atoms with Crippen molar-refractivity contribution in [3.63, 3.8) is 0 Å². The molecule has 1 saturated carbocycles. The van der Waals surface area contributed by atoms with Crippen molar-refractivity contribution in [3.8, 4) is 17.2 Å². The van der Waals surface area contributed by atoms with Gasteiger partial charge in [0, 0.05) is 18.7 Å². The van der Waals surface area contributed by atoms with Crippen molar-refractivity contribution in [1.29, 1.82) is 0 Å². The zero-order valence-electron chi connectivity index (χ0n) is 17.1. The first kappa shape index (κ1) is 18.9. The molecule has 5 rings (SSSR count). The average Bonchev–Trinajstić information content (AvgIpc) is 3.49. The molecule has 2 fully saturated rings. The first-order chi connectivity index (χ1) is 14.7. The summed E-state index contributed by atoms with van der Waals surface area (Å²) in [4.78, 5) is 19.8. The van der Waals surface area contributed by atoms with Gasteiger partial charge in [-0.2, -0.15) is 4.98 Å². The second-order valence-corrected chi connectivity index (χ2v) is 8.33. The van der Waals surface area contributed by atoms with E-state index in [1.165, 1.54) is 0 Å². The summed E-state index contributed by atoms with van der Waals surface area (Å²) in [7, 11) is 1.64. The zero-order chi connectivity index (χ0) is 20.6. The minimum atomic E-state index is -0.188. The first-order valence-corrected chi connectivity index (χ1v) is 10.5. The molecule has 2 aromatic carbocycles. The number of carbonyl (C=O) groups excluding carboxylic acids is 1. The molecule has 2 atom stereocenters. The SMILES string of the molecule is COc1ccc(CC(=O)N2C[C@H]3CCC[C@@]3(c3noc(-c4ccccc4)n3)C2)cc1. The Kier molecular flexibility index (Phi) is 4.77. The van der Waals surface area contributed by atoms with Gasteiger partial charge in [-0.3, -0.25) is 4.79 Å². The van der Waals surface area contributed by atoms with E-state index in [9.17, 15) is 4.79 Å². The number of carbonyl (C=O) groups is 1. The van der Waals surface area contributed by atoms with Crippen LogP contribution in [0.5, 0.6) is 5.75 Å². The number of methoxy groups -OCH3 is 1. The molecule has 0 unspecified atom stereocenters. The third-order valence-corrected chi connectivity index (χ3v) is 6.63. The van der Waals surface area contributed by atoms with Crippen LogP contribution < -0.4 is 4.74 Å². The Balaban J connectivity index is 1.34. The highest BCUT2D eigenvalue weighted by molar-refractivity contribution is 5.79. The summed E-state index contributed by atoms with van der Waals surface area (Å²) in [6.45, 7) is 1.44. The summed E-state index contributed by atoms with van der Waals surface area (Å²) in [6, 6.07) is 17.5.